The molecule has 0 radical (unpaired) electrons. The first kappa shape index (κ1) is 16.6. The summed E-state index contributed by atoms with van der Waals surface area (Å²) in [6.45, 7) is 5.52. The van der Waals surface area contributed by atoms with Gasteiger partial charge in [-0.2, -0.15) is 0 Å². The van der Waals surface area contributed by atoms with Gasteiger partial charge in [-0.25, -0.2) is 0 Å². The summed E-state index contributed by atoms with van der Waals surface area (Å²) in [5.41, 5.74) is 1.38. The lowest BCUT2D eigenvalue weighted by Crippen LogP contribution is -2.21. The second-order valence-electron chi connectivity index (χ2n) is 5.04. The second-order valence-corrected chi connectivity index (χ2v) is 7.10. The maximum absolute atomic E-state index is 3.60. The third-order valence-electron chi connectivity index (χ3n) is 3.38. The van der Waals surface area contributed by atoms with Crippen molar-refractivity contribution in [1.82, 2.24) is 5.32 Å². The summed E-state index contributed by atoms with van der Waals surface area (Å²) >= 11 is 5.27. The molecule has 0 amide bonds. The minimum Gasteiger partial charge on any atom is -0.310 e. The summed E-state index contributed by atoms with van der Waals surface area (Å²) in [7, 11) is 0. The van der Waals surface area contributed by atoms with Crippen molar-refractivity contribution in [2.75, 3.05) is 6.54 Å². The summed E-state index contributed by atoms with van der Waals surface area (Å²) < 4.78 is 1.12. The maximum atomic E-state index is 3.60. The summed E-state index contributed by atoms with van der Waals surface area (Å²) in [5.74, 6) is 0. The minimum absolute atomic E-state index is 0.469. The number of halogens is 1. The topological polar surface area (TPSA) is 12.0 Å². The number of benzene rings is 2. The molecule has 2 aromatic rings. The van der Waals surface area contributed by atoms with Crippen LogP contribution < -0.4 is 5.32 Å². The van der Waals surface area contributed by atoms with E-state index in [1.807, 2.05) is 0 Å². The average Bonchev–Trinajstić information content (AvgIpc) is 2.52. The summed E-state index contributed by atoms with van der Waals surface area (Å²) in [6, 6.07) is 17.8. The van der Waals surface area contributed by atoms with Gasteiger partial charge < -0.3 is 5.32 Å². The molecule has 0 bridgehead atoms. The molecule has 2 rings (SSSR count). The Morgan fingerprint density at radius 3 is 2.05 bits per heavy atom. The van der Waals surface area contributed by atoms with Crippen molar-refractivity contribution in [1.29, 1.82) is 0 Å². The molecule has 2 aromatic carbocycles. The molecule has 0 aromatic heterocycles. The molecule has 0 aliphatic rings. The van der Waals surface area contributed by atoms with Crippen LogP contribution in [-0.2, 0) is 0 Å². The van der Waals surface area contributed by atoms with Gasteiger partial charge in [-0.05, 0) is 61.3 Å². The van der Waals surface area contributed by atoms with Gasteiger partial charge >= 0.3 is 0 Å². The van der Waals surface area contributed by atoms with Crippen molar-refractivity contribution in [3.05, 3.63) is 58.6 Å². The second kappa shape index (κ2) is 8.62. The summed E-state index contributed by atoms with van der Waals surface area (Å²) in [5, 5.41) is 3.60. The van der Waals surface area contributed by atoms with Crippen molar-refractivity contribution in [2.45, 2.75) is 42.5 Å². The molecular formula is C18H22BrNS. The van der Waals surface area contributed by atoms with Gasteiger partial charge in [-0.15, -0.1) is 0 Å². The monoisotopic (exact) mass is 363 g/mol. The normalized spacial score (nSPS) is 12.3. The van der Waals surface area contributed by atoms with Crippen LogP contribution in [0.25, 0.3) is 0 Å². The Balaban J connectivity index is 2.02. The Hall–Kier alpha value is -0.770. The molecule has 3 heteroatoms. The Morgan fingerprint density at radius 2 is 1.52 bits per heavy atom. The van der Waals surface area contributed by atoms with Crippen LogP contribution in [0.5, 0.6) is 0 Å². The third-order valence-corrected chi connectivity index (χ3v) is 4.93. The first-order valence-electron chi connectivity index (χ1n) is 7.49. The van der Waals surface area contributed by atoms with Gasteiger partial charge in [0.15, 0.2) is 0 Å². The molecule has 0 aliphatic carbocycles. The van der Waals surface area contributed by atoms with Crippen LogP contribution in [0.15, 0.2) is 62.8 Å². The van der Waals surface area contributed by atoms with E-state index in [2.05, 4.69) is 83.6 Å². The lowest BCUT2D eigenvalue weighted by atomic mass is 10.0. The van der Waals surface area contributed by atoms with Crippen LogP contribution in [-0.4, -0.2) is 6.54 Å². The molecule has 1 N–H and O–H groups in total. The van der Waals surface area contributed by atoms with E-state index in [9.17, 15) is 0 Å². The van der Waals surface area contributed by atoms with Crippen LogP contribution in [0.3, 0.4) is 0 Å². The number of nitrogens with one attached hydrogen (secondary N) is 1. The highest BCUT2D eigenvalue weighted by molar-refractivity contribution is 9.10. The fourth-order valence-electron chi connectivity index (χ4n) is 2.22. The van der Waals surface area contributed by atoms with Gasteiger partial charge in [-0.1, -0.05) is 53.7 Å². The SMILES string of the molecule is CCCNC(CC)c1ccc(Sc2ccc(Br)cc2)cc1. The summed E-state index contributed by atoms with van der Waals surface area (Å²) in [4.78, 5) is 2.55. The Labute approximate surface area is 140 Å². The van der Waals surface area contributed by atoms with Crippen LogP contribution >= 0.6 is 27.7 Å². The van der Waals surface area contributed by atoms with E-state index in [1.165, 1.54) is 21.8 Å². The van der Waals surface area contributed by atoms with E-state index in [0.717, 1.165) is 17.4 Å². The predicted molar refractivity (Wildman–Crippen MR) is 96.0 cm³/mol. The van der Waals surface area contributed by atoms with Crippen molar-refractivity contribution in [3.8, 4) is 0 Å². The van der Waals surface area contributed by atoms with Crippen molar-refractivity contribution < 1.29 is 0 Å². The minimum atomic E-state index is 0.469. The predicted octanol–water partition coefficient (Wildman–Crippen LogP) is 6.05. The van der Waals surface area contributed by atoms with Crippen molar-refractivity contribution in [3.63, 3.8) is 0 Å². The van der Waals surface area contributed by atoms with E-state index in [0.29, 0.717) is 6.04 Å². The van der Waals surface area contributed by atoms with Crippen molar-refractivity contribution in [2.24, 2.45) is 0 Å². The average molecular weight is 364 g/mol. The molecule has 0 saturated heterocycles. The summed E-state index contributed by atoms with van der Waals surface area (Å²) in [6.07, 6.45) is 2.30. The van der Waals surface area contributed by atoms with Crippen LogP contribution in [0.1, 0.15) is 38.3 Å². The maximum Gasteiger partial charge on any atom is 0.0317 e. The first-order chi connectivity index (χ1) is 10.2. The highest BCUT2D eigenvalue weighted by Crippen LogP contribution is 2.29. The largest absolute Gasteiger partial charge is 0.310 e. The first-order valence-corrected chi connectivity index (χ1v) is 9.10. The third kappa shape index (κ3) is 5.17. The van der Waals surface area contributed by atoms with Gasteiger partial charge in [0, 0.05) is 20.3 Å². The van der Waals surface area contributed by atoms with Gasteiger partial charge in [-0.3, -0.25) is 0 Å². The van der Waals surface area contributed by atoms with E-state index in [4.69, 9.17) is 0 Å². The fourth-order valence-corrected chi connectivity index (χ4v) is 3.30. The molecule has 0 aliphatic heterocycles. The fraction of sp³-hybridized carbons (Fsp3) is 0.333. The molecule has 0 saturated carbocycles. The Bertz CT molecular complexity index is 536. The molecule has 0 heterocycles. The van der Waals surface area contributed by atoms with E-state index >= 15 is 0 Å². The highest BCUT2D eigenvalue weighted by Gasteiger charge is 2.08. The van der Waals surface area contributed by atoms with Gasteiger partial charge in [0.2, 0.25) is 0 Å². The smallest absolute Gasteiger partial charge is 0.0317 e. The number of hydrogen-bond donors (Lipinski definition) is 1. The highest BCUT2D eigenvalue weighted by atomic mass is 79.9. The van der Waals surface area contributed by atoms with E-state index in [-0.39, 0.29) is 0 Å². The molecule has 112 valence electrons. The molecular weight excluding hydrogens is 342 g/mol. The molecule has 0 spiro atoms. The van der Waals surface area contributed by atoms with Crippen LogP contribution in [0, 0.1) is 0 Å². The number of rotatable bonds is 7. The van der Waals surface area contributed by atoms with Crippen LogP contribution in [0.4, 0.5) is 0 Å². The zero-order valence-electron chi connectivity index (χ0n) is 12.6. The van der Waals surface area contributed by atoms with Crippen molar-refractivity contribution >= 4 is 27.7 Å². The molecule has 1 atom stereocenters. The van der Waals surface area contributed by atoms with Crippen LogP contribution in [0.2, 0.25) is 0 Å². The number of hydrogen-bond acceptors (Lipinski definition) is 2. The molecule has 1 nitrogen and oxygen atoms in total. The van der Waals surface area contributed by atoms with Gasteiger partial charge in [0.1, 0.15) is 0 Å². The van der Waals surface area contributed by atoms with Gasteiger partial charge in [0.25, 0.3) is 0 Å². The molecule has 1 unspecified atom stereocenters. The standard InChI is InChI=1S/C18H22BrNS/c1-3-13-20-18(4-2)14-5-9-16(10-6-14)21-17-11-7-15(19)8-12-17/h5-12,18,20H,3-4,13H2,1-2H3. The Kier molecular flexibility index (Phi) is 6.81. The quantitative estimate of drug-likeness (QED) is 0.642. The van der Waals surface area contributed by atoms with E-state index in [1.54, 1.807) is 11.8 Å². The molecule has 0 fully saturated rings. The molecule has 21 heavy (non-hydrogen) atoms. The zero-order chi connectivity index (χ0) is 15.1. The van der Waals surface area contributed by atoms with E-state index < -0.39 is 0 Å². The lowest BCUT2D eigenvalue weighted by molar-refractivity contribution is 0.518. The Morgan fingerprint density at radius 1 is 0.952 bits per heavy atom. The lowest BCUT2D eigenvalue weighted by Gasteiger charge is -2.17. The zero-order valence-corrected chi connectivity index (χ0v) is 15.0. The van der Waals surface area contributed by atoms with Gasteiger partial charge in [0.05, 0.1) is 0 Å².